The summed E-state index contributed by atoms with van der Waals surface area (Å²) < 4.78 is 29.1. The van der Waals surface area contributed by atoms with Crippen molar-refractivity contribution in [2.45, 2.75) is 57.9 Å². The van der Waals surface area contributed by atoms with Crippen LogP contribution < -0.4 is 0 Å². The van der Waals surface area contributed by atoms with Gasteiger partial charge < -0.3 is 4.57 Å². The monoisotopic (exact) mass is 334 g/mol. The quantitative estimate of drug-likeness (QED) is 0.646. The van der Waals surface area contributed by atoms with Crippen LogP contribution in [0.25, 0.3) is 0 Å². The maximum Gasteiger partial charge on any atom is 0.244 e. The first kappa shape index (κ1) is 18.5. The van der Waals surface area contributed by atoms with Crippen molar-refractivity contribution in [1.29, 1.82) is 0 Å². The zero-order valence-electron chi connectivity index (χ0n) is 13.5. The Hall–Kier alpha value is -0.520. The van der Waals surface area contributed by atoms with E-state index in [9.17, 15) is 8.42 Å². The number of hydrogen-bond acceptors (Lipinski definition) is 2. The molecule has 0 radical (unpaired) electrons. The Labute approximate surface area is 134 Å². The Balaban J connectivity index is 3.09. The van der Waals surface area contributed by atoms with Crippen molar-refractivity contribution in [2.24, 2.45) is 5.92 Å². The van der Waals surface area contributed by atoms with Crippen LogP contribution in [0.1, 0.15) is 46.2 Å². The number of aryl methyl sites for hydroxylation is 1. The van der Waals surface area contributed by atoms with Gasteiger partial charge >= 0.3 is 0 Å². The van der Waals surface area contributed by atoms with Gasteiger partial charge in [-0.1, -0.05) is 33.6 Å². The van der Waals surface area contributed by atoms with E-state index in [-0.39, 0.29) is 0 Å². The Morgan fingerprint density at radius 3 is 2.24 bits per heavy atom. The summed E-state index contributed by atoms with van der Waals surface area (Å²) in [5.74, 6) is 0.725. The summed E-state index contributed by atoms with van der Waals surface area (Å²) in [6.07, 6.45) is 3.68. The molecule has 0 atom stereocenters. The minimum atomic E-state index is -3.43. The minimum Gasteiger partial charge on any atom is -0.349 e. The molecule has 0 aliphatic rings. The molecule has 1 aromatic heterocycles. The maximum absolute atomic E-state index is 12.8. The summed E-state index contributed by atoms with van der Waals surface area (Å²) in [5.41, 5.74) is 0.844. The van der Waals surface area contributed by atoms with Crippen molar-refractivity contribution in [3.05, 3.63) is 18.0 Å². The molecule has 122 valence electrons. The molecule has 0 aliphatic carbocycles. The highest BCUT2D eigenvalue weighted by Crippen LogP contribution is 2.22. The van der Waals surface area contributed by atoms with Crippen LogP contribution in [0.4, 0.5) is 0 Å². The van der Waals surface area contributed by atoms with Crippen molar-refractivity contribution < 1.29 is 8.42 Å². The van der Waals surface area contributed by atoms with Gasteiger partial charge in [-0.05, 0) is 18.9 Å². The van der Waals surface area contributed by atoms with Crippen LogP contribution in [-0.4, -0.2) is 30.4 Å². The molecule has 0 bridgehead atoms. The van der Waals surface area contributed by atoms with E-state index in [2.05, 4.69) is 13.8 Å². The van der Waals surface area contributed by atoms with E-state index in [4.69, 9.17) is 11.6 Å². The van der Waals surface area contributed by atoms with Gasteiger partial charge in [0.2, 0.25) is 10.0 Å². The molecule has 1 rings (SSSR count). The molecule has 0 unspecified atom stereocenters. The number of hydrogen-bond donors (Lipinski definition) is 0. The first-order valence-electron chi connectivity index (χ1n) is 7.69. The van der Waals surface area contributed by atoms with Gasteiger partial charge in [0.25, 0.3) is 0 Å². The molecule has 0 amide bonds. The van der Waals surface area contributed by atoms with Gasteiger partial charge in [0.15, 0.2) is 0 Å². The predicted molar refractivity (Wildman–Crippen MR) is 88.2 cm³/mol. The number of aromatic nitrogens is 1. The van der Waals surface area contributed by atoms with Crippen LogP contribution in [0.3, 0.4) is 0 Å². The molecule has 0 aromatic carbocycles. The fourth-order valence-electron chi connectivity index (χ4n) is 2.45. The van der Waals surface area contributed by atoms with Crippen LogP contribution in [0.15, 0.2) is 17.2 Å². The van der Waals surface area contributed by atoms with Crippen molar-refractivity contribution in [3.8, 4) is 0 Å². The molecule has 0 fully saturated rings. The Kier molecular flexibility index (Phi) is 7.24. The number of sulfonamides is 1. The second-order valence-corrected chi connectivity index (χ2v) is 7.43. The van der Waals surface area contributed by atoms with Gasteiger partial charge in [-0.2, -0.15) is 4.31 Å². The van der Waals surface area contributed by atoms with E-state index in [1.165, 1.54) is 0 Å². The summed E-state index contributed by atoms with van der Waals surface area (Å²) in [4.78, 5) is 0.354. The minimum absolute atomic E-state index is 0.321. The normalized spacial score (nSPS) is 12.5. The highest BCUT2D eigenvalue weighted by molar-refractivity contribution is 7.89. The molecule has 4 nitrogen and oxygen atoms in total. The third-order valence-electron chi connectivity index (χ3n) is 4.05. The van der Waals surface area contributed by atoms with Gasteiger partial charge in [0, 0.05) is 31.5 Å². The van der Waals surface area contributed by atoms with Crippen molar-refractivity contribution in [1.82, 2.24) is 8.87 Å². The number of halogens is 1. The summed E-state index contributed by atoms with van der Waals surface area (Å²) in [5, 5.41) is 0. The first-order chi connectivity index (χ1) is 9.94. The predicted octanol–water partition coefficient (Wildman–Crippen LogP) is 3.69. The Bertz CT molecular complexity index is 514. The molecular weight excluding hydrogens is 308 g/mol. The van der Waals surface area contributed by atoms with Crippen LogP contribution in [0.2, 0.25) is 0 Å². The van der Waals surface area contributed by atoms with E-state index in [0.717, 1.165) is 25.1 Å². The molecule has 1 heterocycles. The molecule has 0 spiro atoms. The fraction of sp³-hybridized carbons (Fsp3) is 0.733. The Morgan fingerprint density at radius 1 is 1.24 bits per heavy atom. The van der Waals surface area contributed by atoms with Gasteiger partial charge in [-0.3, -0.25) is 0 Å². The SMILES string of the molecule is CCC(CC)CN(CC)S(=O)(=O)c1cc(CCl)n(CC)c1. The van der Waals surface area contributed by atoms with E-state index in [1.807, 2.05) is 18.4 Å². The standard InChI is InChI=1S/C15H27ClN2O2S/c1-5-13(6-2)11-18(8-4)21(19,20)15-9-14(10-16)17(7-3)12-15/h9,12-13H,5-8,10-11H2,1-4H3. The second-order valence-electron chi connectivity index (χ2n) is 5.22. The van der Waals surface area contributed by atoms with E-state index >= 15 is 0 Å². The average Bonchev–Trinajstić information content (AvgIpc) is 2.92. The van der Waals surface area contributed by atoms with Crippen molar-refractivity contribution >= 4 is 21.6 Å². The molecule has 0 N–H and O–H groups in total. The third kappa shape index (κ3) is 4.24. The van der Waals surface area contributed by atoms with Crippen LogP contribution in [0, 0.1) is 5.92 Å². The first-order valence-corrected chi connectivity index (χ1v) is 9.67. The fourth-order valence-corrected chi connectivity index (χ4v) is 4.27. The molecule has 6 heteroatoms. The third-order valence-corrected chi connectivity index (χ3v) is 6.23. The van der Waals surface area contributed by atoms with Crippen LogP contribution >= 0.6 is 11.6 Å². The number of alkyl halides is 1. The zero-order chi connectivity index (χ0) is 16.0. The lowest BCUT2D eigenvalue weighted by Crippen LogP contribution is -2.35. The van der Waals surface area contributed by atoms with Gasteiger partial charge in [-0.25, -0.2) is 8.42 Å². The van der Waals surface area contributed by atoms with Gasteiger partial charge in [0.05, 0.1) is 5.88 Å². The zero-order valence-corrected chi connectivity index (χ0v) is 15.0. The molecule has 0 aliphatic heterocycles. The van der Waals surface area contributed by atoms with E-state index in [1.54, 1.807) is 16.6 Å². The number of rotatable bonds is 9. The van der Waals surface area contributed by atoms with E-state index in [0.29, 0.717) is 29.8 Å². The molecule has 0 saturated carbocycles. The lowest BCUT2D eigenvalue weighted by atomic mass is 10.0. The lowest BCUT2D eigenvalue weighted by molar-refractivity contribution is 0.339. The average molecular weight is 335 g/mol. The molecule has 21 heavy (non-hydrogen) atoms. The lowest BCUT2D eigenvalue weighted by Gasteiger charge is -2.24. The number of nitrogens with zero attached hydrogens (tertiary/aromatic N) is 2. The van der Waals surface area contributed by atoms with Crippen molar-refractivity contribution in [2.75, 3.05) is 13.1 Å². The highest BCUT2D eigenvalue weighted by atomic mass is 35.5. The maximum atomic E-state index is 12.8. The van der Waals surface area contributed by atoms with Crippen molar-refractivity contribution in [3.63, 3.8) is 0 Å². The van der Waals surface area contributed by atoms with E-state index < -0.39 is 10.0 Å². The molecule has 0 saturated heterocycles. The largest absolute Gasteiger partial charge is 0.349 e. The topological polar surface area (TPSA) is 42.3 Å². The molecular formula is C15H27ClN2O2S. The van der Waals surface area contributed by atoms with Crippen LogP contribution in [0.5, 0.6) is 0 Å². The second kappa shape index (κ2) is 8.20. The van der Waals surface area contributed by atoms with Crippen LogP contribution in [-0.2, 0) is 22.4 Å². The highest BCUT2D eigenvalue weighted by Gasteiger charge is 2.26. The Morgan fingerprint density at radius 2 is 1.86 bits per heavy atom. The summed E-state index contributed by atoms with van der Waals surface area (Å²) in [7, 11) is -3.43. The summed E-state index contributed by atoms with van der Waals surface area (Å²) >= 11 is 5.89. The smallest absolute Gasteiger partial charge is 0.244 e. The van der Waals surface area contributed by atoms with Gasteiger partial charge in [-0.15, -0.1) is 11.6 Å². The van der Waals surface area contributed by atoms with Gasteiger partial charge in [0.1, 0.15) is 4.90 Å². The molecule has 1 aromatic rings. The summed E-state index contributed by atoms with van der Waals surface area (Å²) in [6.45, 7) is 9.87. The summed E-state index contributed by atoms with van der Waals surface area (Å²) in [6, 6.07) is 1.70.